The molecule has 3 heterocycles. The molecule has 7 nitrogen and oxygen atoms in total. The van der Waals surface area contributed by atoms with Gasteiger partial charge in [-0.2, -0.15) is 0 Å². The molecule has 33 heavy (non-hydrogen) atoms. The highest BCUT2D eigenvalue weighted by Crippen LogP contribution is 2.43. The molecule has 2 aromatic heterocycles. The second-order valence-electron chi connectivity index (χ2n) is 7.84. The van der Waals surface area contributed by atoms with E-state index in [1.165, 1.54) is 16.2 Å². The first-order chi connectivity index (χ1) is 15.9. The van der Waals surface area contributed by atoms with E-state index in [-0.39, 0.29) is 11.2 Å². The van der Waals surface area contributed by atoms with E-state index in [4.69, 9.17) is 13.9 Å². The number of rotatable bonds is 5. The van der Waals surface area contributed by atoms with E-state index < -0.39 is 11.9 Å². The molecule has 0 aliphatic carbocycles. The van der Waals surface area contributed by atoms with Crippen molar-refractivity contribution in [2.45, 2.75) is 26.8 Å². The van der Waals surface area contributed by atoms with Crippen LogP contribution < -0.4 is 19.8 Å². The lowest BCUT2D eigenvalue weighted by Crippen LogP contribution is -2.29. The van der Waals surface area contributed by atoms with E-state index in [2.05, 4.69) is 4.98 Å². The fraction of sp³-hybridized carbons (Fsp3) is 0.240. The van der Waals surface area contributed by atoms with Crippen LogP contribution in [0, 0.1) is 13.8 Å². The number of carbonyl (C=O) groups excluding carboxylic acids is 1. The molecule has 1 aliphatic heterocycles. The Morgan fingerprint density at radius 3 is 2.61 bits per heavy atom. The second-order valence-corrected chi connectivity index (χ2v) is 8.72. The maximum atomic E-state index is 13.7. The SMILES string of the molecule is CCOc1ccc([C@@H]2c3c(oc4cc(C)c(C)cc4c3=O)C(=O)N2c2nccs2)cc1OC. The molecule has 0 spiro atoms. The van der Waals surface area contributed by atoms with Crippen LogP contribution in [0.3, 0.4) is 0 Å². The van der Waals surface area contributed by atoms with Gasteiger partial charge in [0.25, 0.3) is 5.91 Å². The van der Waals surface area contributed by atoms with Crippen LogP contribution in [0.5, 0.6) is 11.5 Å². The monoisotopic (exact) mass is 462 g/mol. The first-order valence-corrected chi connectivity index (χ1v) is 11.4. The van der Waals surface area contributed by atoms with E-state index in [0.29, 0.717) is 45.3 Å². The van der Waals surface area contributed by atoms with Gasteiger partial charge in [-0.1, -0.05) is 6.07 Å². The molecular formula is C25H22N2O5S. The van der Waals surface area contributed by atoms with Crippen molar-refractivity contribution in [3.63, 3.8) is 0 Å². The van der Waals surface area contributed by atoms with Crippen molar-refractivity contribution < 1.29 is 18.7 Å². The van der Waals surface area contributed by atoms with E-state index in [1.807, 2.05) is 32.9 Å². The number of ether oxygens (including phenoxy) is 2. The maximum Gasteiger partial charge on any atom is 0.297 e. The number of benzene rings is 2. The maximum absolute atomic E-state index is 13.7. The molecule has 0 saturated carbocycles. The number of nitrogens with zero attached hydrogens (tertiary/aromatic N) is 2. The Kier molecular flexibility index (Phi) is 5.17. The van der Waals surface area contributed by atoms with Crippen molar-refractivity contribution in [3.8, 4) is 11.5 Å². The summed E-state index contributed by atoms with van der Waals surface area (Å²) in [6, 6.07) is 8.35. The quantitative estimate of drug-likeness (QED) is 0.414. The van der Waals surface area contributed by atoms with Gasteiger partial charge in [-0.3, -0.25) is 14.5 Å². The van der Waals surface area contributed by atoms with E-state index in [1.54, 1.807) is 36.9 Å². The van der Waals surface area contributed by atoms with Crippen molar-refractivity contribution in [1.29, 1.82) is 0 Å². The third kappa shape index (κ3) is 3.29. The molecule has 0 radical (unpaired) electrons. The number of aryl methyl sites for hydroxylation is 2. The topological polar surface area (TPSA) is 81.9 Å². The van der Waals surface area contributed by atoms with Gasteiger partial charge in [-0.05, 0) is 61.7 Å². The van der Waals surface area contributed by atoms with Crippen molar-refractivity contribution in [3.05, 3.63) is 80.1 Å². The summed E-state index contributed by atoms with van der Waals surface area (Å²) in [6.07, 6.45) is 1.63. The van der Waals surface area contributed by atoms with Crippen LogP contribution in [-0.4, -0.2) is 24.6 Å². The molecular weight excluding hydrogens is 440 g/mol. The van der Waals surface area contributed by atoms with Gasteiger partial charge in [0.2, 0.25) is 5.76 Å². The Hall–Kier alpha value is -3.65. The predicted molar refractivity (Wildman–Crippen MR) is 127 cm³/mol. The number of thiazole rings is 1. The third-order valence-corrected chi connectivity index (χ3v) is 6.69. The van der Waals surface area contributed by atoms with Crippen LogP contribution in [0.15, 0.2) is 51.1 Å². The molecule has 2 aromatic carbocycles. The fourth-order valence-electron chi connectivity index (χ4n) is 4.20. The summed E-state index contributed by atoms with van der Waals surface area (Å²) in [4.78, 5) is 33.2. The lowest BCUT2D eigenvalue weighted by Gasteiger charge is -2.23. The largest absolute Gasteiger partial charge is 0.493 e. The van der Waals surface area contributed by atoms with Gasteiger partial charge >= 0.3 is 0 Å². The molecule has 8 heteroatoms. The van der Waals surface area contributed by atoms with E-state index in [9.17, 15) is 9.59 Å². The highest BCUT2D eigenvalue weighted by atomic mass is 32.1. The number of methoxy groups -OCH3 is 1. The molecule has 0 saturated heterocycles. The summed E-state index contributed by atoms with van der Waals surface area (Å²) in [5, 5.41) is 2.73. The summed E-state index contributed by atoms with van der Waals surface area (Å²) in [7, 11) is 1.56. The van der Waals surface area contributed by atoms with E-state index in [0.717, 1.165) is 11.1 Å². The van der Waals surface area contributed by atoms with Crippen molar-refractivity contribution in [2.24, 2.45) is 0 Å². The Labute approximate surface area is 194 Å². The summed E-state index contributed by atoms with van der Waals surface area (Å²) < 4.78 is 17.2. The molecule has 0 fully saturated rings. The van der Waals surface area contributed by atoms with Gasteiger partial charge in [-0.25, -0.2) is 4.98 Å². The molecule has 168 valence electrons. The zero-order valence-corrected chi connectivity index (χ0v) is 19.5. The highest BCUT2D eigenvalue weighted by molar-refractivity contribution is 7.13. The van der Waals surface area contributed by atoms with Gasteiger partial charge < -0.3 is 13.9 Å². The average molecular weight is 463 g/mol. The van der Waals surface area contributed by atoms with Gasteiger partial charge in [0.15, 0.2) is 22.1 Å². The Morgan fingerprint density at radius 2 is 1.91 bits per heavy atom. The van der Waals surface area contributed by atoms with Crippen LogP contribution in [0.2, 0.25) is 0 Å². The highest BCUT2D eigenvalue weighted by Gasteiger charge is 2.45. The number of hydrogen-bond acceptors (Lipinski definition) is 7. The smallest absolute Gasteiger partial charge is 0.297 e. The van der Waals surface area contributed by atoms with E-state index >= 15 is 0 Å². The number of carbonyl (C=O) groups is 1. The summed E-state index contributed by atoms with van der Waals surface area (Å²) in [5.41, 5.74) is 3.15. The number of hydrogen-bond donors (Lipinski definition) is 0. The third-order valence-electron chi connectivity index (χ3n) is 5.92. The van der Waals surface area contributed by atoms with Crippen LogP contribution in [0.1, 0.15) is 45.8 Å². The minimum absolute atomic E-state index is 0.0452. The van der Waals surface area contributed by atoms with Gasteiger partial charge in [-0.15, -0.1) is 11.3 Å². The van der Waals surface area contributed by atoms with Gasteiger partial charge in [0.1, 0.15) is 5.58 Å². The Morgan fingerprint density at radius 1 is 1.12 bits per heavy atom. The molecule has 1 amide bonds. The summed E-state index contributed by atoms with van der Waals surface area (Å²) >= 11 is 1.32. The van der Waals surface area contributed by atoms with Crippen molar-refractivity contribution >= 4 is 33.3 Å². The van der Waals surface area contributed by atoms with Crippen LogP contribution in [0.4, 0.5) is 5.13 Å². The molecule has 5 rings (SSSR count). The number of anilines is 1. The lowest BCUT2D eigenvalue weighted by atomic mass is 9.97. The average Bonchev–Trinajstić information content (AvgIpc) is 3.42. The predicted octanol–water partition coefficient (Wildman–Crippen LogP) is 5.02. The van der Waals surface area contributed by atoms with Crippen molar-refractivity contribution in [2.75, 3.05) is 18.6 Å². The summed E-state index contributed by atoms with van der Waals surface area (Å²) in [6.45, 7) is 6.27. The van der Waals surface area contributed by atoms with Crippen LogP contribution in [-0.2, 0) is 0 Å². The van der Waals surface area contributed by atoms with Crippen molar-refractivity contribution in [1.82, 2.24) is 4.98 Å². The molecule has 0 unspecified atom stereocenters. The first kappa shape index (κ1) is 21.2. The normalized spacial score (nSPS) is 15.2. The number of amides is 1. The summed E-state index contributed by atoms with van der Waals surface area (Å²) in [5.74, 6) is 0.760. The fourth-order valence-corrected chi connectivity index (χ4v) is 4.87. The molecule has 0 bridgehead atoms. The first-order valence-electron chi connectivity index (χ1n) is 10.6. The Balaban J connectivity index is 1.79. The molecule has 4 aromatic rings. The lowest BCUT2D eigenvalue weighted by molar-refractivity contribution is 0.0971. The molecule has 1 aliphatic rings. The van der Waals surface area contributed by atoms with Crippen LogP contribution in [0.25, 0.3) is 11.0 Å². The van der Waals surface area contributed by atoms with Gasteiger partial charge in [0, 0.05) is 11.6 Å². The minimum Gasteiger partial charge on any atom is -0.493 e. The minimum atomic E-state index is -0.703. The standard InChI is InChI=1S/C25H22N2O5S/c1-5-31-17-7-6-15(12-19(17)30-4)21-20-22(28)16-10-13(2)14(3)11-18(16)32-23(20)24(29)27(21)25-26-8-9-33-25/h6-12,21H,5H2,1-4H3/t21-/m1/s1. The zero-order chi connectivity index (χ0) is 23.3. The number of fused-ring (bicyclic) bond motifs is 2. The molecule has 0 N–H and O–H groups in total. The van der Waals surface area contributed by atoms with Crippen LogP contribution >= 0.6 is 11.3 Å². The van der Waals surface area contributed by atoms with Gasteiger partial charge in [0.05, 0.1) is 30.7 Å². The second kappa shape index (κ2) is 8.04. The number of aromatic nitrogens is 1. The zero-order valence-electron chi connectivity index (χ0n) is 18.7. The Bertz CT molecular complexity index is 1440. The molecule has 1 atom stereocenters.